The van der Waals surface area contributed by atoms with Crippen LogP contribution >= 0.6 is 11.3 Å². The van der Waals surface area contributed by atoms with E-state index in [0.717, 1.165) is 54.3 Å². The van der Waals surface area contributed by atoms with Crippen LogP contribution in [-0.2, 0) is 29.1 Å². The average Bonchev–Trinajstić information content (AvgIpc) is 2.80. The maximum Gasteiger partial charge on any atom is 0.158 e. The molecule has 1 saturated heterocycles. The lowest BCUT2D eigenvalue weighted by molar-refractivity contribution is -0.169. The molecule has 1 aliphatic rings. The Balaban J connectivity index is 1.90. The largest absolute Gasteiger partial charge is 0.391 e. The predicted molar refractivity (Wildman–Crippen MR) is 70.4 cm³/mol. The summed E-state index contributed by atoms with van der Waals surface area (Å²) in [6.45, 7) is 3.41. The summed E-state index contributed by atoms with van der Waals surface area (Å²) in [5.41, 5.74) is 0.875. The SMILES string of the molecule is CCCc1nc(COC2CCCCO2)c(CO)s1. The van der Waals surface area contributed by atoms with Crippen LogP contribution in [0.4, 0.5) is 0 Å². The number of aliphatic hydroxyl groups is 1. The van der Waals surface area contributed by atoms with Gasteiger partial charge in [-0.05, 0) is 32.1 Å². The number of aliphatic hydroxyl groups excluding tert-OH is 1. The van der Waals surface area contributed by atoms with Gasteiger partial charge in [0.05, 0.1) is 28.8 Å². The van der Waals surface area contributed by atoms with Crippen molar-refractivity contribution in [2.45, 2.75) is 58.5 Å². The molecular weight excluding hydrogens is 250 g/mol. The Morgan fingerprint density at radius 1 is 1.50 bits per heavy atom. The molecule has 18 heavy (non-hydrogen) atoms. The van der Waals surface area contributed by atoms with Gasteiger partial charge in [-0.15, -0.1) is 11.3 Å². The number of aryl methyl sites for hydroxylation is 1. The van der Waals surface area contributed by atoms with Gasteiger partial charge in [-0.2, -0.15) is 0 Å². The first kappa shape index (κ1) is 13.9. The highest BCUT2D eigenvalue weighted by atomic mass is 32.1. The Morgan fingerprint density at radius 2 is 2.39 bits per heavy atom. The lowest BCUT2D eigenvalue weighted by atomic mass is 10.2. The van der Waals surface area contributed by atoms with Crippen LogP contribution in [0.25, 0.3) is 0 Å². The summed E-state index contributed by atoms with van der Waals surface area (Å²) in [4.78, 5) is 5.46. The molecule has 0 bridgehead atoms. The first-order valence-electron chi connectivity index (χ1n) is 6.65. The number of hydrogen-bond acceptors (Lipinski definition) is 5. The molecule has 2 heterocycles. The Bertz CT molecular complexity index is 361. The third kappa shape index (κ3) is 3.75. The molecule has 0 aliphatic carbocycles. The van der Waals surface area contributed by atoms with Crippen molar-refractivity contribution in [3.63, 3.8) is 0 Å². The molecule has 1 fully saturated rings. The summed E-state index contributed by atoms with van der Waals surface area (Å²) < 4.78 is 11.2. The van der Waals surface area contributed by atoms with Crippen molar-refractivity contribution in [1.82, 2.24) is 4.98 Å². The minimum atomic E-state index is -0.0957. The molecule has 1 aromatic heterocycles. The first-order chi connectivity index (χ1) is 8.83. The second kappa shape index (κ2) is 7.19. The minimum Gasteiger partial charge on any atom is -0.391 e. The summed E-state index contributed by atoms with van der Waals surface area (Å²) in [5.74, 6) is 0. The molecule has 1 atom stereocenters. The molecule has 0 saturated carbocycles. The fourth-order valence-corrected chi connectivity index (χ4v) is 3.04. The fourth-order valence-electron chi connectivity index (χ4n) is 2.01. The number of hydrogen-bond donors (Lipinski definition) is 1. The summed E-state index contributed by atoms with van der Waals surface area (Å²) >= 11 is 1.59. The van der Waals surface area contributed by atoms with Crippen LogP contribution in [0, 0.1) is 0 Å². The molecule has 2 rings (SSSR count). The zero-order chi connectivity index (χ0) is 12.8. The van der Waals surface area contributed by atoms with Crippen molar-refractivity contribution in [2.24, 2.45) is 0 Å². The van der Waals surface area contributed by atoms with Crippen LogP contribution in [0.5, 0.6) is 0 Å². The first-order valence-corrected chi connectivity index (χ1v) is 7.46. The number of rotatable bonds is 6. The second-order valence-electron chi connectivity index (χ2n) is 4.49. The number of nitrogens with zero attached hydrogens (tertiary/aromatic N) is 1. The van der Waals surface area contributed by atoms with Gasteiger partial charge in [0.2, 0.25) is 0 Å². The molecule has 1 N–H and O–H groups in total. The molecule has 0 radical (unpaired) electrons. The van der Waals surface area contributed by atoms with Gasteiger partial charge in [-0.25, -0.2) is 4.98 Å². The topological polar surface area (TPSA) is 51.6 Å². The van der Waals surface area contributed by atoms with Crippen molar-refractivity contribution in [1.29, 1.82) is 0 Å². The van der Waals surface area contributed by atoms with Crippen molar-refractivity contribution >= 4 is 11.3 Å². The monoisotopic (exact) mass is 271 g/mol. The smallest absolute Gasteiger partial charge is 0.158 e. The Hall–Kier alpha value is -0.490. The Morgan fingerprint density at radius 3 is 3.06 bits per heavy atom. The predicted octanol–water partition coefficient (Wildman–Crippen LogP) is 2.63. The molecule has 102 valence electrons. The van der Waals surface area contributed by atoms with Crippen LogP contribution in [0.3, 0.4) is 0 Å². The van der Waals surface area contributed by atoms with Crippen LogP contribution in [0.1, 0.15) is 48.2 Å². The highest BCUT2D eigenvalue weighted by Crippen LogP contribution is 2.22. The van der Waals surface area contributed by atoms with Gasteiger partial charge in [0.1, 0.15) is 0 Å². The highest BCUT2D eigenvalue weighted by Gasteiger charge is 2.16. The molecule has 0 aromatic carbocycles. The lowest BCUT2D eigenvalue weighted by Gasteiger charge is -2.22. The van der Waals surface area contributed by atoms with Crippen molar-refractivity contribution in [3.8, 4) is 0 Å². The third-order valence-electron chi connectivity index (χ3n) is 2.97. The molecule has 5 heteroatoms. The standard InChI is InChI=1S/C13H21NO3S/c1-2-5-12-14-10(11(8-15)18-12)9-17-13-6-3-4-7-16-13/h13,15H,2-9H2,1H3. The Labute approximate surface area is 112 Å². The van der Waals surface area contributed by atoms with E-state index in [0.29, 0.717) is 6.61 Å². The molecule has 1 aliphatic heterocycles. The maximum atomic E-state index is 9.32. The number of aromatic nitrogens is 1. The average molecular weight is 271 g/mol. The number of ether oxygens (including phenoxy) is 2. The minimum absolute atomic E-state index is 0.0472. The summed E-state index contributed by atoms with van der Waals surface area (Å²) in [6.07, 6.45) is 5.19. The molecular formula is C13H21NO3S. The van der Waals surface area contributed by atoms with E-state index in [2.05, 4.69) is 11.9 Å². The van der Waals surface area contributed by atoms with Gasteiger partial charge in [-0.3, -0.25) is 0 Å². The van der Waals surface area contributed by atoms with E-state index in [4.69, 9.17) is 9.47 Å². The second-order valence-corrected chi connectivity index (χ2v) is 5.66. The molecule has 1 unspecified atom stereocenters. The van der Waals surface area contributed by atoms with Crippen LogP contribution in [0.2, 0.25) is 0 Å². The zero-order valence-electron chi connectivity index (χ0n) is 10.9. The fraction of sp³-hybridized carbons (Fsp3) is 0.769. The van der Waals surface area contributed by atoms with Crippen LogP contribution in [0.15, 0.2) is 0 Å². The van der Waals surface area contributed by atoms with Gasteiger partial charge in [0, 0.05) is 6.61 Å². The van der Waals surface area contributed by atoms with E-state index in [1.54, 1.807) is 11.3 Å². The summed E-state index contributed by atoms with van der Waals surface area (Å²) in [6, 6.07) is 0. The molecule has 0 spiro atoms. The zero-order valence-corrected chi connectivity index (χ0v) is 11.7. The van der Waals surface area contributed by atoms with Gasteiger partial charge >= 0.3 is 0 Å². The molecule has 1 aromatic rings. The van der Waals surface area contributed by atoms with E-state index >= 15 is 0 Å². The van der Waals surface area contributed by atoms with Crippen LogP contribution in [-0.4, -0.2) is 23.0 Å². The van der Waals surface area contributed by atoms with E-state index in [9.17, 15) is 5.11 Å². The van der Waals surface area contributed by atoms with E-state index in [1.165, 1.54) is 0 Å². The van der Waals surface area contributed by atoms with Gasteiger partial charge < -0.3 is 14.6 Å². The summed E-state index contributed by atoms with van der Waals surface area (Å²) in [7, 11) is 0. The van der Waals surface area contributed by atoms with Crippen molar-refractivity contribution < 1.29 is 14.6 Å². The Kier molecular flexibility index (Phi) is 5.56. The quantitative estimate of drug-likeness (QED) is 0.864. The normalized spacial score (nSPS) is 20.2. The van der Waals surface area contributed by atoms with Crippen molar-refractivity contribution in [2.75, 3.05) is 6.61 Å². The highest BCUT2D eigenvalue weighted by molar-refractivity contribution is 7.11. The third-order valence-corrected chi connectivity index (χ3v) is 4.12. The van der Waals surface area contributed by atoms with Crippen molar-refractivity contribution in [3.05, 3.63) is 15.6 Å². The molecule has 0 amide bonds. The van der Waals surface area contributed by atoms with E-state index in [-0.39, 0.29) is 12.9 Å². The van der Waals surface area contributed by atoms with Gasteiger partial charge in [0.25, 0.3) is 0 Å². The molecule has 4 nitrogen and oxygen atoms in total. The number of thiazole rings is 1. The maximum absolute atomic E-state index is 9.32. The van der Waals surface area contributed by atoms with Crippen LogP contribution < -0.4 is 0 Å². The van der Waals surface area contributed by atoms with E-state index < -0.39 is 0 Å². The van der Waals surface area contributed by atoms with Gasteiger partial charge in [-0.1, -0.05) is 6.92 Å². The summed E-state index contributed by atoms with van der Waals surface area (Å²) in [5, 5.41) is 10.4. The van der Waals surface area contributed by atoms with E-state index in [1.807, 2.05) is 0 Å². The lowest BCUT2D eigenvalue weighted by Crippen LogP contribution is -2.22. The van der Waals surface area contributed by atoms with Gasteiger partial charge in [0.15, 0.2) is 6.29 Å².